The molecule has 0 saturated heterocycles. The minimum atomic E-state index is -0.354. The number of anilines is 1. The second-order valence-electron chi connectivity index (χ2n) is 4.75. The number of benzene rings is 1. The predicted molar refractivity (Wildman–Crippen MR) is 91.8 cm³/mol. The van der Waals surface area contributed by atoms with E-state index in [4.69, 9.17) is 0 Å². The Morgan fingerprint density at radius 1 is 1.26 bits per heavy atom. The molecule has 2 heterocycles. The van der Waals surface area contributed by atoms with Crippen LogP contribution in [0.5, 0.6) is 0 Å². The Bertz CT molecular complexity index is 835. The van der Waals surface area contributed by atoms with Crippen LogP contribution in [0.15, 0.2) is 52.4 Å². The molecule has 0 aliphatic carbocycles. The van der Waals surface area contributed by atoms with Crippen molar-refractivity contribution in [3.63, 3.8) is 0 Å². The maximum absolute atomic E-state index is 13.1. The highest BCUT2D eigenvalue weighted by atomic mass is 79.9. The molecule has 1 N–H and O–H groups in total. The van der Waals surface area contributed by atoms with Gasteiger partial charge in [-0.3, -0.25) is 9.78 Å². The number of hydrogen-bond acceptors (Lipinski definition) is 4. The van der Waals surface area contributed by atoms with Gasteiger partial charge < -0.3 is 5.32 Å². The van der Waals surface area contributed by atoms with Crippen molar-refractivity contribution in [2.24, 2.45) is 0 Å². The van der Waals surface area contributed by atoms with E-state index >= 15 is 0 Å². The fourth-order valence-corrected chi connectivity index (χ4v) is 2.93. The van der Waals surface area contributed by atoms with Crippen molar-refractivity contribution in [2.75, 3.05) is 5.32 Å². The summed E-state index contributed by atoms with van der Waals surface area (Å²) in [6, 6.07) is 9.71. The van der Waals surface area contributed by atoms with Crippen LogP contribution in [0.4, 0.5) is 9.52 Å². The number of pyridine rings is 1. The molecule has 4 nitrogen and oxygen atoms in total. The summed E-state index contributed by atoms with van der Waals surface area (Å²) < 4.78 is 14.0. The summed E-state index contributed by atoms with van der Waals surface area (Å²) in [6.45, 7) is 0. The normalized spacial score (nSPS) is 10.5. The van der Waals surface area contributed by atoms with Gasteiger partial charge in [-0.1, -0.05) is 12.1 Å². The highest BCUT2D eigenvalue weighted by Gasteiger charge is 2.10. The Kier molecular flexibility index (Phi) is 4.78. The summed E-state index contributed by atoms with van der Waals surface area (Å²) in [7, 11) is 0. The van der Waals surface area contributed by atoms with Gasteiger partial charge in [0.2, 0.25) is 5.91 Å². The smallest absolute Gasteiger partial charge is 0.230 e. The first-order chi connectivity index (χ1) is 11.1. The summed E-state index contributed by atoms with van der Waals surface area (Å²) >= 11 is 4.65. The SMILES string of the molecule is O=C(Cc1cccc(F)c1)Nc1nc(-c2ccc(Br)cn2)cs1. The third kappa shape index (κ3) is 4.20. The third-order valence-electron chi connectivity index (χ3n) is 2.99. The number of halogens is 2. The monoisotopic (exact) mass is 391 g/mol. The number of amides is 1. The van der Waals surface area contributed by atoms with Gasteiger partial charge in [-0.05, 0) is 45.8 Å². The van der Waals surface area contributed by atoms with Crippen molar-refractivity contribution in [3.05, 3.63) is 63.8 Å². The molecule has 0 saturated carbocycles. The average molecular weight is 392 g/mol. The molecule has 116 valence electrons. The lowest BCUT2D eigenvalue weighted by Crippen LogP contribution is -2.14. The number of rotatable bonds is 4. The molecule has 0 radical (unpaired) electrons. The van der Waals surface area contributed by atoms with E-state index in [1.54, 1.807) is 18.3 Å². The fraction of sp³-hybridized carbons (Fsp3) is 0.0625. The molecule has 2 aromatic heterocycles. The largest absolute Gasteiger partial charge is 0.302 e. The Labute approximate surface area is 144 Å². The van der Waals surface area contributed by atoms with Gasteiger partial charge in [-0.2, -0.15) is 0 Å². The second kappa shape index (κ2) is 6.97. The zero-order valence-corrected chi connectivity index (χ0v) is 14.2. The standard InChI is InChI=1S/C16H11BrFN3OS/c17-11-4-5-13(19-8-11)14-9-23-16(20-14)21-15(22)7-10-2-1-3-12(18)6-10/h1-6,8-9H,7H2,(H,20,21,22). The van der Waals surface area contributed by atoms with E-state index in [1.807, 2.05) is 17.5 Å². The van der Waals surface area contributed by atoms with Gasteiger partial charge in [0.15, 0.2) is 5.13 Å². The molecule has 0 bridgehead atoms. The molecule has 1 amide bonds. The van der Waals surface area contributed by atoms with Gasteiger partial charge in [-0.15, -0.1) is 11.3 Å². The van der Waals surface area contributed by atoms with E-state index in [2.05, 4.69) is 31.2 Å². The average Bonchev–Trinajstić information content (AvgIpc) is 2.96. The summed E-state index contributed by atoms with van der Waals surface area (Å²) in [6.07, 6.45) is 1.79. The minimum Gasteiger partial charge on any atom is -0.302 e. The highest BCUT2D eigenvalue weighted by Crippen LogP contribution is 2.24. The Hall–Kier alpha value is -2.12. The van der Waals surface area contributed by atoms with E-state index in [0.717, 1.165) is 10.2 Å². The van der Waals surface area contributed by atoms with Gasteiger partial charge >= 0.3 is 0 Å². The van der Waals surface area contributed by atoms with Gasteiger partial charge in [0.05, 0.1) is 12.1 Å². The molecule has 0 spiro atoms. The molecule has 7 heteroatoms. The lowest BCUT2D eigenvalue weighted by molar-refractivity contribution is -0.115. The van der Waals surface area contributed by atoms with Crippen LogP contribution in [0.2, 0.25) is 0 Å². The van der Waals surface area contributed by atoms with Crippen molar-refractivity contribution < 1.29 is 9.18 Å². The van der Waals surface area contributed by atoms with Crippen LogP contribution in [0.3, 0.4) is 0 Å². The zero-order chi connectivity index (χ0) is 16.2. The van der Waals surface area contributed by atoms with E-state index in [0.29, 0.717) is 16.4 Å². The second-order valence-corrected chi connectivity index (χ2v) is 6.53. The van der Waals surface area contributed by atoms with E-state index in [-0.39, 0.29) is 18.1 Å². The Balaban J connectivity index is 1.66. The number of nitrogens with zero attached hydrogens (tertiary/aromatic N) is 2. The fourth-order valence-electron chi connectivity index (χ4n) is 1.97. The quantitative estimate of drug-likeness (QED) is 0.721. The lowest BCUT2D eigenvalue weighted by atomic mass is 10.1. The van der Waals surface area contributed by atoms with E-state index in [9.17, 15) is 9.18 Å². The number of carbonyl (C=O) groups excluding carboxylic acids is 1. The summed E-state index contributed by atoms with van der Waals surface area (Å²) in [5, 5.41) is 5.04. The molecule has 3 aromatic rings. The molecule has 0 unspecified atom stereocenters. The lowest BCUT2D eigenvalue weighted by Gasteiger charge is -2.02. The molecule has 0 aliphatic rings. The topological polar surface area (TPSA) is 54.9 Å². The molecule has 0 fully saturated rings. The maximum atomic E-state index is 13.1. The first-order valence-electron chi connectivity index (χ1n) is 6.72. The number of thiazole rings is 1. The maximum Gasteiger partial charge on any atom is 0.230 e. The Morgan fingerprint density at radius 3 is 2.87 bits per heavy atom. The van der Waals surface area contributed by atoms with Crippen LogP contribution in [0, 0.1) is 5.82 Å². The summed E-state index contributed by atoms with van der Waals surface area (Å²) in [5.41, 5.74) is 2.05. The number of nitrogens with one attached hydrogen (secondary N) is 1. The van der Waals surface area contributed by atoms with Crippen molar-refractivity contribution in [2.45, 2.75) is 6.42 Å². The molecule has 23 heavy (non-hydrogen) atoms. The Morgan fingerprint density at radius 2 is 2.13 bits per heavy atom. The minimum absolute atomic E-state index is 0.100. The van der Waals surface area contributed by atoms with Crippen molar-refractivity contribution in [3.8, 4) is 11.4 Å². The summed E-state index contributed by atoms with van der Waals surface area (Å²) in [4.78, 5) is 20.6. The van der Waals surface area contributed by atoms with E-state index < -0.39 is 0 Å². The predicted octanol–water partition coefficient (Wildman–Crippen LogP) is 4.29. The number of aromatic nitrogens is 2. The molecular formula is C16H11BrFN3OS. The van der Waals surface area contributed by atoms with Gasteiger partial charge in [0.25, 0.3) is 0 Å². The van der Waals surface area contributed by atoms with Crippen LogP contribution < -0.4 is 5.32 Å². The zero-order valence-electron chi connectivity index (χ0n) is 11.8. The van der Waals surface area contributed by atoms with Crippen LogP contribution in [0.25, 0.3) is 11.4 Å². The van der Waals surface area contributed by atoms with Crippen molar-refractivity contribution in [1.82, 2.24) is 9.97 Å². The number of hydrogen-bond donors (Lipinski definition) is 1. The summed E-state index contributed by atoms with van der Waals surface area (Å²) in [5.74, 6) is -0.589. The highest BCUT2D eigenvalue weighted by molar-refractivity contribution is 9.10. The van der Waals surface area contributed by atoms with Crippen LogP contribution in [-0.4, -0.2) is 15.9 Å². The van der Waals surface area contributed by atoms with Crippen molar-refractivity contribution >= 4 is 38.3 Å². The van der Waals surface area contributed by atoms with Crippen LogP contribution >= 0.6 is 27.3 Å². The molecular weight excluding hydrogens is 381 g/mol. The van der Waals surface area contributed by atoms with Crippen LogP contribution in [-0.2, 0) is 11.2 Å². The first kappa shape index (κ1) is 15.8. The van der Waals surface area contributed by atoms with Gasteiger partial charge in [0.1, 0.15) is 11.5 Å². The molecule has 0 aliphatic heterocycles. The van der Waals surface area contributed by atoms with Crippen molar-refractivity contribution in [1.29, 1.82) is 0 Å². The van der Waals surface area contributed by atoms with E-state index in [1.165, 1.54) is 23.5 Å². The molecule has 1 aromatic carbocycles. The van der Waals surface area contributed by atoms with Gasteiger partial charge in [-0.25, -0.2) is 9.37 Å². The third-order valence-corrected chi connectivity index (χ3v) is 4.22. The molecule has 3 rings (SSSR count). The number of carbonyl (C=O) groups is 1. The first-order valence-corrected chi connectivity index (χ1v) is 8.39. The van der Waals surface area contributed by atoms with Gasteiger partial charge in [0, 0.05) is 16.0 Å². The van der Waals surface area contributed by atoms with Crippen LogP contribution in [0.1, 0.15) is 5.56 Å². The molecule has 0 atom stereocenters.